The lowest BCUT2D eigenvalue weighted by atomic mass is 9.89. The van der Waals surface area contributed by atoms with Crippen LogP contribution in [0.1, 0.15) is 30.5 Å². The summed E-state index contributed by atoms with van der Waals surface area (Å²) in [6.45, 7) is 4.38. The van der Waals surface area contributed by atoms with Crippen molar-refractivity contribution in [2.75, 3.05) is 0 Å². The lowest BCUT2D eigenvalue weighted by Crippen LogP contribution is -1.93. The van der Waals surface area contributed by atoms with Gasteiger partial charge in [-0.25, -0.2) is 0 Å². The monoisotopic (exact) mass is 425 g/mol. The highest BCUT2D eigenvalue weighted by Crippen LogP contribution is 2.40. The molecule has 5 aromatic rings. The van der Waals surface area contributed by atoms with Gasteiger partial charge in [0.2, 0.25) is 0 Å². The van der Waals surface area contributed by atoms with Gasteiger partial charge < -0.3 is 4.98 Å². The molecule has 4 aromatic carbocycles. The van der Waals surface area contributed by atoms with E-state index in [2.05, 4.69) is 140 Å². The summed E-state index contributed by atoms with van der Waals surface area (Å²) in [5.74, 6) is 0. The number of H-pyrrole nitrogens is 1. The molecule has 33 heavy (non-hydrogen) atoms. The van der Waals surface area contributed by atoms with E-state index in [1.165, 1.54) is 44.4 Å². The Balaban J connectivity index is 1.85. The second-order valence-corrected chi connectivity index (χ2v) is 8.49. The maximum absolute atomic E-state index is 3.72. The molecule has 0 aliphatic carbocycles. The van der Waals surface area contributed by atoms with Gasteiger partial charge in [0.05, 0.1) is 5.69 Å². The zero-order valence-corrected chi connectivity index (χ0v) is 19.0. The quantitative estimate of drug-likeness (QED) is 0.271. The van der Waals surface area contributed by atoms with Crippen LogP contribution in [0.3, 0.4) is 0 Å². The average molecular weight is 426 g/mol. The van der Waals surface area contributed by atoms with E-state index in [-0.39, 0.29) is 0 Å². The standard InChI is InChI=1S/C32H27N/c1-23(2)28(24-14-6-3-7-15-24)22-29(25-16-8-4-9-17-25)31-27-20-12-13-21-30(27)33-32(31)26-18-10-5-11-19-26/h3-22,33H,1-2H3/b29-22-. The van der Waals surface area contributed by atoms with Crippen LogP contribution in [-0.2, 0) is 0 Å². The van der Waals surface area contributed by atoms with Crippen molar-refractivity contribution in [1.29, 1.82) is 0 Å². The van der Waals surface area contributed by atoms with Crippen LogP contribution in [0, 0.1) is 0 Å². The number of allylic oxidation sites excluding steroid dienone is 3. The predicted octanol–water partition coefficient (Wildman–Crippen LogP) is 8.76. The Morgan fingerprint density at radius 3 is 1.79 bits per heavy atom. The van der Waals surface area contributed by atoms with Crippen molar-refractivity contribution >= 4 is 22.0 Å². The minimum atomic E-state index is 1.15. The van der Waals surface area contributed by atoms with Crippen molar-refractivity contribution in [1.82, 2.24) is 4.98 Å². The number of benzene rings is 4. The molecule has 1 N–H and O–H groups in total. The molecule has 0 amide bonds. The van der Waals surface area contributed by atoms with Crippen LogP contribution >= 0.6 is 0 Å². The van der Waals surface area contributed by atoms with Crippen LogP contribution in [0.4, 0.5) is 0 Å². The molecule has 0 unspecified atom stereocenters. The molecule has 0 fully saturated rings. The van der Waals surface area contributed by atoms with Crippen molar-refractivity contribution in [2.45, 2.75) is 13.8 Å². The molecular weight excluding hydrogens is 398 g/mol. The van der Waals surface area contributed by atoms with E-state index in [0.717, 1.165) is 11.2 Å². The zero-order valence-electron chi connectivity index (χ0n) is 19.0. The van der Waals surface area contributed by atoms with E-state index in [0.29, 0.717) is 0 Å². The number of aromatic amines is 1. The predicted molar refractivity (Wildman–Crippen MR) is 142 cm³/mol. The van der Waals surface area contributed by atoms with Crippen molar-refractivity contribution in [2.24, 2.45) is 0 Å². The van der Waals surface area contributed by atoms with Crippen LogP contribution in [0.15, 0.2) is 127 Å². The first-order chi connectivity index (χ1) is 16.2. The zero-order chi connectivity index (χ0) is 22.6. The normalized spacial score (nSPS) is 11.5. The molecule has 1 aromatic heterocycles. The van der Waals surface area contributed by atoms with E-state index in [1.54, 1.807) is 0 Å². The molecule has 0 spiro atoms. The molecule has 1 heteroatoms. The van der Waals surface area contributed by atoms with Gasteiger partial charge in [-0.15, -0.1) is 0 Å². The summed E-state index contributed by atoms with van der Waals surface area (Å²) in [5.41, 5.74) is 10.9. The second-order valence-electron chi connectivity index (χ2n) is 8.49. The molecule has 0 bridgehead atoms. The molecule has 0 saturated carbocycles. The van der Waals surface area contributed by atoms with Gasteiger partial charge in [-0.05, 0) is 53.8 Å². The molecule has 160 valence electrons. The molecule has 0 aliphatic heterocycles. The highest BCUT2D eigenvalue weighted by molar-refractivity contribution is 6.06. The largest absolute Gasteiger partial charge is 0.354 e. The fraction of sp³-hybridized carbons (Fsp3) is 0.0625. The maximum Gasteiger partial charge on any atom is 0.0544 e. The summed E-state index contributed by atoms with van der Waals surface area (Å²) in [5, 5.41) is 1.23. The first-order valence-electron chi connectivity index (χ1n) is 11.4. The van der Waals surface area contributed by atoms with Gasteiger partial charge in [-0.3, -0.25) is 0 Å². The third-order valence-electron chi connectivity index (χ3n) is 6.03. The summed E-state index contributed by atoms with van der Waals surface area (Å²) < 4.78 is 0. The molecule has 0 radical (unpaired) electrons. The van der Waals surface area contributed by atoms with Crippen molar-refractivity contribution in [3.05, 3.63) is 144 Å². The number of aromatic nitrogens is 1. The highest BCUT2D eigenvalue weighted by Gasteiger charge is 2.19. The van der Waals surface area contributed by atoms with Crippen LogP contribution in [0.25, 0.3) is 33.3 Å². The first kappa shape index (κ1) is 20.8. The van der Waals surface area contributed by atoms with Crippen LogP contribution in [0.5, 0.6) is 0 Å². The number of rotatable bonds is 5. The molecule has 5 rings (SSSR count). The van der Waals surface area contributed by atoms with E-state index in [4.69, 9.17) is 0 Å². The fourth-order valence-electron chi connectivity index (χ4n) is 4.44. The molecule has 1 nitrogen and oxygen atoms in total. The molecule has 0 aliphatic rings. The Morgan fingerprint density at radius 1 is 0.606 bits per heavy atom. The summed E-state index contributed by atoms with van der Waals surface area (Å²) in [6, 6.07) is 40.6. The Kier molecular flexibility index (Phi) is 5.78. The van der Waals surface area contributed by atoms with Crippen molar-refractivity contribution in [3.63, 3.8) is 0 Å². The maximum atomic E-state index is 3.72. The summed E-state index contributed by atoms with van der Waals surface area (Å²) >= 11 is 0. The summed E-state index contributed by atoms with van der Waals surface area (Å²) in [7, 11) is 0. The van der Waals surface area contributed by atoms with Crippen molar-refractivity contribution < 1.29 is 0 Å². The Labute approximate surface area is 195 Å². The number of fused-ring (bicyclic) bond motifs is 1. The molecular formula is C32H27N. The number of para-hydroxylation sites is 1. The number of hydrogen-bond acceptors (Lipinski definition) is 0. The van der Waals surface area contributed by atoms with Gasteiger partial charge >= 0.3 is 0 Å². The topological polar surface area (TPSA) is 15.8 Å². The summed E-state index contributed by atoms with van der Waals surface area (Å²) in [6.07, 6.45) is 2.36. The van der Waals surface area contributed by atoms with Crippen molar-refractivity contribution in [3.8, 4) is 11.3 Å². The van der Waals surface area contributed by atoms with Gasteiger partial charge in [-0.1, -0.05) is 115 Å². The number of nitrogens with one attached hydrogen (secondary N) is 1. The van der Waals surface area contributed by atoms with Gasteiger partial charge in [0.1, 0.15) is 0 Å². The lowest BCUT2D eigenvalue weighted by Gasteiger charge is -2.14. The van der Waals surface area contributed by atoms with Crippen LogP contribution in [-0.4, -0.2) is 4.98 Å². The fourth-order valence-corrected chi connectivity index (χ4v) is 4.44. The summed E-state index contributed by atoms with van der Waals surface area (Å²) in [4.78, 5) is 3.72. The molecule has 0 atom stereocenters. The van der Waals surface area contributed by atoms with Gasteiger partial charge in [-0.2, -0.15) is 0 Å². The second kappa shape index (κ2) is 9.18. The minimum absolute atomic E-state index is 1.15. The highest BCUT2D eigenvalue weighted by atomic mass is 14.7. The van der Waals surface area contributed by atoms with E-state index in [9.17, 15) is 0 Å². The Morgan fingerprint density at radius 2 is 1.15 bits per heavy atom. The third kappa shape index (κ3) is 4.18. The van der Waals surface area contributed by atoms with Crippen LogP contribution in [0.2, 0.25) is 0 Å². The minimum Gasteiger partial charge on any atom is -0.354 e. The van der Waals surface area contributed by atoms with Crippen LogP contribution < -0.4 is 0 Å². The average Bonchev–Trinajstić information content (AvgIpc) is 3.25. The Hall–Kier alpha value is -4.10. The smallest absolute Gasteiger partial charge is 0.0544 e. The van der Waals surface area contributed by atoms with Gasteiger partial charge in [0.15, 0.2) is 0 Å². The Bertz CT molecular complexity index is 1430. The SMILES string of the molecule is CC(C)=C(/C=C(/c1ccccc1)c1c(-c2ccccc2)[nH]c2ccccc12)c1ccccc1. The lowest BCUT2D eigenvalue weighted by molar-refractivity contribution is 1.39. The molecule has 0 saturated heterocycles. The van der Waals surface area contributed by atoms with E-state index >= 15 is 0 Å². The number of hydrogen-bond donors (Lipinski definition) is 1. The van der Waals surface area contributed by atoms with E-state index < -0.39 is 0 Å². The van der Waals surface area contributed by atoms with Gasteiger partial charge in [0.25, 0.3) is 0 Å². The third-order valence-corrected chi connectivity index (χ3v) is 6.03. The van der Waals surface area contributed by atoms with Gasteiger partial charge in [0, 0.05) is 16.5 Å². The molecule has 1 heterocycles. The van der Waals surface area contributed by atoms with E-state index in [1.807, 2.05) is 0 Å². The first-order valence-corrected chi connectivity index (χ1v) is 11.4.